The van der Waals surface area contributed by atoms with E-state index in [1.807, 2.05) is 31.2 Å². The molecule has 0 amide bonds. The summed E-state index contributed by atoms with van der Waals surface area (Å²) < 4.78 is 13.2. The van der Waals surface area contributed by atoms with E-state index in [1.54, 1.807) is 0 Å². The SMILES string of the molecule is C[C@@H](NCc1cc(F)ccc1C#N)c1ccc(Cl)cc1. The largest absolute Gasteiger partial charge is 0.306 e. The summed E-state index contributed by atoms with van der Waals surface area (Å²) in [6.07, 6.45) is 0. The van der Waals surface area contributed by atoms with Gasteiger partial charge in [-0.05, 0) is 48.4 Å². The van der Waals surface area contributed by atoms with Crippen LogP contribution < -0.4 is 5.32 Å². The van der Waals surface area contributed by atoms with Crippen LogP contribution in [-0.4, -0.2) is 0 Å². The summed E-state index contributed by atoms with van der Waals surface area (Å²) in [7, 11) is 0. The van der Waals surface area contributed by atoms with E-state index in [2.05, 4.69) is 11.4 Å². The van der Waals surface area contributed by atoms with Gasteiger partial charge in [0.15, 0.2) is 0 Å². The maximum atomic E-state index is 13.2. The highest BCUT2D eigenvalue weighted by molar-refractivity contribution is 6.30. The molecule has 0 unspecified atom stereocenters. The molecule has 0 bridgehead atoms. The fourth-order valence-corrected chi connectivity index (χ4v) is 2.08. The van der Waals surface area contributed by atoms with Crippen LogP contribution in [0.2, 0.25) is 5.02 Å². The first kappa shape index (κ1) is 14.5. The molecule has 2 nitrogen and oxygen atoms in total. The van der Waals surface area contributed by atoms with Gasteiger partial charge in [0.1, 0.15) is 5.82 Å². The highest BCUT2D eigenvalue weighted by Crippen LogP contribution is 2.17. The first-order valence-electron chi connectivity index (χ1n) is 6.27. The van der Waals surface area contributed by atoms with E-state index in [9.17, 15) is 4.39 Å². The average Bonchev–Trinajstić information content (AvgIpc) is 2.45. The van der Waals surface area contributed by atoms with Gasteiger partial charge in [-0.15, -0.1) is 0 Å². The predicted molar refractivity (Wildman–Crippen MR) is 77.8 cm³/mol. The Morgan fingerprint density at radius 3 is 2.60 bits per heavy atom. The Morgan fingerprint density at radius 1 is 1.25 bits per heavy atom. The lowest BCUT2D eigenvalue weighted by Crippen LogP contribution is -2.18. The van der Waals surface area contributed by atoms with Crippen LogP contribution in [0.4, 0.5) is 4.39 Å². The monoisotopic (exact) mass is 288 g/mol. The van der Waals surface area contributed by atoms with E-state index in [0.717, 1.165) is 5.56 Å². The lowest BCUT2D eigenvalue weighted by molar-refractivity contribution is 0.568. The predicted octanol–water partition coefficient (Wildman–Crippen LogP) is 4.20. The molecule has 1 N–H and O–H groups in total. The van der Waals surface area contributed by atoms with Gasteiger partial charge in [0.2, 0.25) is 0 Å². The number of nitrogens with one attached hydrogen (secondary N) is 1. The van der Waals surface area contributed by atoms with Gasteiger partial charge in [0.05, 0.1) is 11.6 Å². The minimum atomic E-state index is -0.333. The number of nitrogens with zero attached hydrogens (tertiary/aromatic N) is 1. The van der Waals surface area contributed by atoms with Crippen LogP contribution in [-0.2, 0) is 6.54 Å². The second kappa shape index (κ2) is 6.51. The normalized spacial score (nSPS) is 11.9. The molecular formula is C16H14ClFN2. The third-order valence-corrected chi connectivity index (χ3v) is 3.41. The van der Waals surface area contributed by atoms with Gasteiger partial charge in [-0.2, -0.15) is 5.26 Å². The molecule has 0 aliphatic carbocycles. The molecular weight excluding hydrogens is 275 g/mol. The summed E-state index contributed by atoms with van der Waals surface area (Å²) in [5.74, 6) is -0.333. The highest BCUT2D eigenvalue weighted by Gasteiger charge is 2.08. The third-order valence-electron chi connectivity index (χ3n) is 3.16. The minimum Gasteiger partial charge on any atom is -0.306 e. The molecule has 0 spiro atoms. The second-order valence-electron chi connectivity index (χ2n) is 4.57. The van der Waals surface area contributed by atoms with Gasteiger partial charge in [0, 0.05) is 17.6 Å². The Bertz CT molecular complexity index is 632. The maximum absolute atomic E-state index is 13.2. The van der Waals surface area contributed by atoms with Crippen LogP contribution in [0.25, 0.3) is 0 Å². The van der Waals surface area contributed by atoms with Gasteiger partial charge in [-0.3, -0.25) is 0 Å². The van der Waals surface area contributed by atoms with Gasteiger partial charge in [0.25, 0.3) is 0 Å². The standard InChI is InChI=1S/C16H14ClFN2/c1-11(12-2-5-15(17)6-3-12)20-10-14-8-16(18)7-4-13(14)9-19/h2-8,11,20H,10H2,1H3/t11-/m1/s1. The van der Waals surface area contributed by atoms with Crippen molar-refractivity contribution in [2.75, 3.05) is 0 Å². The molecule has 0 aromatic heterocycles. The molecule has 0 aliphatic rings. The van der Waals surface area contributed by atoms with Crippen LogP contribution in [0.5, 0.6) is 0 Å². The first-order valence-corrected chi connectivity index (χ1v) is 6.65. The smallest absolute Gasteiger partial charge is 0.123 e. The van der Waals surface area contributed by atoms with Crippen molar-refractivity contribution in [3.8, 4) is 6.07 Å². The Balaban J connectivity index is 2.07. The molecule has 2 rings (SSSR count). The van der Waals surface area contributed by atoms with Gasteiger partial charge in [-0.25, -0.2) is 4.39 Å². The zero-order chi connectivity index (χ0) is 14.5. The summed E-state index contributed by atoms with van der Waals surface area (Å²) in [4.78, 5) is 0. The summed E-state index contributed by atoms with van der Waals surface area (Å²) in [5.41, 5.74) is 2.24. The van der Waals surface area contributed by atoms with Crippen molar-refractivity contribution in [1.29, 1.82) is 5.26 Å². The Kier molecular flexibility index (Phi) is 4.73. The van der Waals surface area contributed by atoms with Crippen molar-refractivity contribution in [1.82, 2.24) is 5.32 Å². The molecule has 0 saturated carbocycles. The molecule has 102 valence electrons. The maximum Gasteiger partial charge on any atom is 0.123 e. The van der Waals surface area contributed by atoms with Crippen LogP contribution in [0.1, 0.15) is 29.7 Å². The van der Waals surface area contributed by atoms with Crippen LogP contribution in [0.3, 0.4) is 0 Å². The summed E-state index contributed by atoms with van der Waals surface area (Å²) >= 11 is 5.85. The minimum absolute atomic E-state index is 0.0853. The molecule has 2 aromatic rings. The lowest BCUT2D eigenvalue weighted by atomic mass is 10.1. The van der Waals surface area contributed by atoms with Crippen LogP contribution >= 0.6 is 11.6 Å². The van der Waals surface area contributed by atoms with Gasteiger partial charge < -0.3 is 5.32 Å². The fourth-order valence-electron chi connectivity index (χ4n) is 1.95. The zero-order valence-corrected chi connectivity index (χ0v) is 11.8. The molecule has 0 heterocycles. The van der Waals surface area contributed by atoms with E-state index in [1.165, 1.54) is 18.2 Å². The van der Waals surface area contributed by atoms with Crippen molar-refractivity contribution in [2.24, 2.45) is 0 Å². The lowest BCUT2D eigenvalue weighted by Gasteiger charge is -2.15. The number of benzene rings is 2. The van der Waals surface area contributed by atoms with E-state index < -0.39 is 0 Å². The number of nitriles is 1. The molecule has 20 heavy (non-hydrogen) atoms. The molecule has 0 radical (unpaired) electrons. The van der Waals surface area contributed by atoms with E-state index in [-0.39, 0.29) is 11.9 Å². The Labute approximate surface area is 122 Å². The molecule has 1 atom stereocenters. The highest BCUT2D eigenvalue weighted by atomic mass is 35.5. The Hall–Kier alpha value is -1.89. The summed E-state index contributed by atoms with van der Waals surface area (Å²) in [5, 5.41) is 13.0. The van der Waals surface area contributed by atoms with E-state index in [4.69, 9.17) is 16.9 Å². The van der Waals surface area contributed by atoms with Crippen molar-refractivity contribution < 1.29 is 4.39 Å². The quantitative estimate of drug-likeness (QED) is 0.915. The first-order chi connectivity index (χ1) is 9.60. The van der Waals surface area contributed by atoms with Crippen LogP contribution in [0.15, 0.2) is 42.5 Å². The van der Waals surface area contributed by atoms with Crippen molar-refractivity contribution in [3.63, 3.8) is 0 Å². The van der Waals surface area contributed by atoms with Gasteiger partial charge >= 0.3 is 0 Å². The zero-order valence-electron chi connectivity index (χ0n) is 11.0. The van der Waals surface area contributed by atoms with Crippen molar-refractivity contribution >= 4 is 11.6 Å². The fraction of sp³-hybridized carbons (Fsp3) is 0.188. The molecule has 4 heteroatoms. The number of rotatable bonds is 4. The Morgan fingerprint density at radius 2 is 1.95 bits per heavy atom. The number of hydrogen-bond acceptors (Lipinski definition) is 2. The number of hydrogen-bond donors (Lipinski definition) is 1. The summed E-state index contributed by atoms with van der Waals surface area (Å²) in [6, 6.07) is 13.9. The molecule has 0 fully saturated rings. The van der Waals surface area contributed by atoms with E-state index in [0.29, 0.717) is 22.7 Å². The van der Waals surface area contributed by atoms with Crippen LogP contribution in [0, 0.1) is 17.1 Å². The van der Waals surface area contributed by atoms with Crippen molar-refractivity contribution in [3.05, 3.63) is 70.0 Å². The topological polar surface area (TPSA) is 35.8 Å². The number of halogens is 2. The second-order valence-corrected chi connectivity index (χ2v) is 5.00. The third kappa shape index (κ3) is 3.57. The average molecular weight is 289 g/mol. The van der Waals surface area contributed by atoms with Gasteiger partial charge in [-0.1, -0.05) is 23.7 Å². The molecule has 0 saturated heterocycles. The van der Waals surface area contributed by atoms with Crippen molar-refractivity contribution in [2.45, 2.75) is 19.5 Å². The summed E-state index contributed by atoms with van der Waals surface area (Å²) in [6.45, 7) is 2.44. The van der Waals surface area contributed by atoms with E-state index >= 15 is 0 Å². The molecule has 0 aliphatic heterocycles. The molecule has 2 aromatic carbocycles.